The van der Waals surface area contributed by atoms with Crippen molar-refractivity contribution < 1.29 is 24.2 Å². The van der Waals surface area contributed by atoms with E-state index in [1.54, 1.807) is 20.8 Å². The van der Waals surface area contributed by atoms with E-state index in [0.717, 1.165) is 25.6 Å². The lowest BCUT2D eigenvalue weighted by Crippen LogP contribution is -2.50. The molecule has 0 radical (unpaired) electrons. The SMILES string of the molecule is BCC[C@@H]1CC[C@@H](CNC(=O)[C@H](CC(C)C)NC(=O)OC(C)(C)C)[C@@H](C(=O)O)C1. The number of nitrogens with one attached hydrogen (secondary N) is 2. The van der Waals surface area contributed by atoms with Crippen LogP contribution in [0.25, 0.3) is 0 Å². The van der Waals surface area contributed by atoms with Gasteiger partial charge in [-0.05, 0) is 57.8 Å². The first-order valence-corrected chi connectivity index (χ1v) is 10.9. The normalized spacial score (nSPS) is 23.3. The number of hydrogen-bond donors (Lipinski definition) is 3. The zero-order valence-electron chi connectivity index (χ0n) is 18.9. The van der Waals surface area contributed by atoms with Gasteiger partial charge in [0.15, 0.2) is 0 Å². The van der Waals surface area contributed by atoms with Crippen molar-refractivity contribution in [1.29, 1.82) is 0 Å². The molecule has 4 atom stereocenters. The Kier molecular flexibility index (Phi) is 10.0. The fourth-order valence-electron chi connectivity index (χ4n) is 4.05. The van der Waals surface area contributed by atoms with Crippen molar-refractivity contribution in [2.45, 2.75) is 84.7 Å². The zero-order chi connectivity index (χ0) is 22.2. The summed E-state index contributed by atoms with van der Waals surface area (Å²) in [5.74, 6) is -0.915. The maximum atomic E-state index is 12.7. The van der Waals surface area contributed by atoms with Crippen LogP contribution >= 0.6 is 0 Å². The summed E-state index contributed by atoms with van der Waals surface area (Å²) in [6.45, 7) is 9.58. The summed E-state index contributed by atoms with van der Waals surface area (Å²) in [5.41, 5.74) is -0.644. The van der Waals surface area contributed by atoms with Crippen LogP contribution in [0, 0.1) is 23.7 Å². The van der Waals surface area contributed by atoms with Crippen LogP contribution in [0.4, 0.5) is 4.79 Å². The van der Waals surface area contributed by atoms with Gasteiger partial charge in [-0.3, -0.25) is 9.59 Å². The van der Waals surface area contributed by atoms with E-state index in [1.807, 2.05) is 13.8 Å². The number of carboxylic acid groups (broad SMARTS) is 1. The minimum atomic E-state index is -0.782. The number of hydrogen-bond acceptors (Lipinski definition) is 4. The lowest BCUT2D eigenvalue weighted by atomic mass is 9.71. The molecule has 8 heteroatoms. The van der Waals surface area contributed by atoms with Gasteiger partial charge in [-0.25, -0.2) is 4.79 Å². The second-order valence-electron chi connectivity index (χ2n) is 9.75. The minimum absolute atomic E-state index is 0.0780. The van der Waals surface area contributed by atoms with E-state index >= 15 is 0 Å². The maximum Gasteiger partial charge on any atom is 0.408 e. The van der Waals surface area contributed by atoms with Gasteiger partial charge in [0, 0.05) is 6.54 Å². The van der Waals surface area contributed by atoms with Crippen LogP contribution in [-0.2, 0) is 14.3 Å². The van der Waals surface area contributed by atoms with E-state index in [4.69, 9.17) is 4.74 Å². The average Bonchev–Trinajstić information content (AvgIpc) is 2.57. The summed E-state index contributed by atoms with van der Waals surface area (Å²) in [5, 5.41) is 15.2. The number of carboxylic acids is 1. The predicted octanol–water partition coefficient (Wildman–Crippen LogP) is 2.60. The molecule has 7 nitrogen and oxygen atoms in total. The number of aliphatic carboxylic acids is 1. The minimum Gasteiger partial charge on any atom is -0.481 e. The predicted molar refractivity (Wildman–Crippen MR) is 116 cm³/mol. The first kappa shape index (κ1) is 25.3. The highest BCUT2D eigenvalue weighted by Crippen LogP contribution is 2.36. The molecule has 2 amide bonds. The largest absolute Gasteiger partial charge is 0.481 e. The fourth-order valence-corrected chi connectivity index (χ4v) is 4.05. The number of rotatable bonds is 9. The van der Waals surface area contributed by atoms with Crippen molar-refractivity contribution in [1.82, 2.24) is 10.6 Å². The van der Waals surface area contributed by atoms with Gasteiger partial charge in [0.05, 0.1) is 5.92 Å². The van der Waals surface area contributed by atoms with Gasteiger partial charge in [-0.2, -0.15) is 0 Å². The Labute approximate surface area is 176 Å². The molecule has 1 aliphatic rings. The third-order valence-electron chi connectivity index (χ3n) is 5.37. The topological polar surface area (TPSA) is 105 Å². The molecule has 0 bridgehead atoms. The van der Waals surface area contributed by atoms with Gasteiger partial charge in [0.1, 0.15) is 19.5 Å². The van der Waals surface area contributed by atoms with E-state index in [-0.39, 0.29) is 17.7 Å². The first-order valence-electron chi connectivity index (χ1n) is 10.9. The molecule has 0 spiro atoms. The molecule has 1 fully saturated rings. The Morgan fingerprint density at radius 1 is 1.21 bits per heavy atom. The highest BCUT2D eigenvalue weighted by Gasteiger charge is 2.35. The molecule has 1 aliphatic carbocycles. The van der Waals surface area contributed by atoms with E-state index in [9.17, 15) is 19.5 Å². The van der Waals surface area contributed by atoms with Crippen molar-refractivity contribution >= 4 is 25.8 Å². The first-order chi connectivity index (χ1) is 13.4. The zero-order valence-corrected chi connectivity index (χ0v) is 18.9. The maximum absolute atomic E-state index is 12.7. The summed E-state index contributed by atoms with van der Waals surface area (Å²) >= 11 is 0. The lowest BCUT2D eigenvalue weighted by molar-refractivity contribution is -0.146. The number of alkyl carbamates (subject to hydrolysis) is 1. The van der Waals surface area contributed by atoms with Crippen LogP contribution in [0.5, 0.6) is 0 Å². The Morgan fingerprint density at radius 2 is 1.86 bits per heavy atom. The standard InChI is InChI=1S/C21H39BN2O5/c1-13(2)10-17(24-20(28)29-21(3,4)5)18(25)23-12-15-7-6-14(8-9-22)11-16(15)19(26)27/h13-17H,6-12,22H2,1-5H3,(H,23,25)(H,24,28)(H,26,27)/t14-,15-,16-,17-/m0/s1. The highest BCUT2D eigenvalue weighted by atomic mass is 16.6. The number of carbonyl (C=O) groups is 3. The molecular weight excluding hydrogens is 371 g/mol. The molecule has 0 aliphatic heterocycles. The van der Waals surface area contributed by atoms with Gasteiger partial charge in [0.2, 0.25) is 5.91 Å². The van der Waals surface area contributed by atoms with Crippen LogP contribution < -0.4 is 10.6 Å². The molecule has 0 aromatic carbocycles. The molecule has 3 N–H and O–H groups in total. The Hall–Kier alpha value is -1.73. The summed E-state index contributed by atoms with van der Waals surface area (Å²) < 4.78 is 5.27. The second-order valence-corrected chi connectivity index (χ2v) is 9.75. The monoisotopic (exact) mass is 410 g/mol. The Morgan fingerprint density at radius 3 is 2.38 bits per heavy atom. The molecule has 0 saturated heterocycles. The smallest absolute Gasteiger partial charge is 0.408 e. The molecule has 166 valence electrons. The summed E-state index contributed by atoms with van der Waals surface area (Å²) in [7, 11) is 2.12. The van der Waals surface area contributed by atoms with Gasteiger partial charge in [-0.15, -0.1) is 0 Å². The van der Waals surface area contributed by atoms with Crippen molar-refractivity contribution in [2.24, 2.45) is 23.7 Å². The van der Waals surface area contributed by atoms with Crippen LogP contribution in [0.2, 0.25) is 6.32 Å². The third-order valence-corrected chi connectivity index (χ3v) is 5.37. The fraction of sp³-hybridized carbons (Fsp3) is 0.857. The van der Waals surface area contributed by atoms with Gasteiger partial charge in [0.25, 0.3) is 0 Å². The molecule has 1 saturated carbocycles. The van der Waals surface area contributed by atoms with E-state index in [2.05, 4.69) is 18.5 Å². The van der Waals surface area contributed by atoms with Crippen LogP contribution in [0.15, 0.2) is 0 Å². The Balaban J connectivity index is 2.68. The second kappa shape index (κ2) is 11.5. The summed E-state index contributed by atoms with van der Waals surface area (Å²) in [4.78, 5) is 36.6. The Bertz CT molecular complexity index is 562. The third kappa shape index (κ3) is 9.55. The van der Waals surface area contributed by atoms with Crippen molar-refractivity contribution in [3.05, 3.63) is 0 Å². The van der Waals surface area contributed by atoms with E-state index in [1.165, 1.54) is 0 Å². The molecule has 29 heavy (non-hydrogen) atoms. The molecule has 0 aromatic heterocycles. The summed E-state index contributed by atoms with van der Waals surface area (Å²) in [6.07, 6.45) is 4.46. The molecule has 0 aromatic rings. The van der Waals surface area contributed by atoms with Crippen LogP contribution in [0.3, 0.4) is 0 Å². The quantitative estimate of drug-likeness (QED) is 0.507. The molecule has 0 heterocycles. The van der Waals surface area contributed by atoms with Crippen molar-refractivity contribution in [2.75, 3.05) is 6.54 Å². The van der Waals surface area contributed by atoms with Crippen LogP contribution in [-0.4, -0.2) is 49.1 Å². The van der Waals surface area contributed by atoms with Gasteiger partial charge in [-0.1, -0.05) is 33.0 Å². The van der Waals surface area contributed by atoms with Crippen molar-refractivity contribution in [3.8, 4) is 0 Å². The highest BCUT2D eigenvalue weighted by molar-refractivity contribution is 6.08. The molecule has 0 unspecified atom stereocenters. The number of carbonyl (C=O) groups excluding carboxylic acids is 2. The van der Waals surface area contributed by atoms with Crippen LogP contribution in [0.1, 0.15) is 66.7 Å². The van der Waals surface area contributed by atoms with E-state index < -0.39 is 29.6 Å². The molecular formula is C21H39BN2O5. The number of ether oxygens (including phenoxy) is 1. The summed E-state index contributed by atoms with van der Waals surface area (Å²) in [6, 6.07) is -0.704. The number of amides is 2. The van der Waals surface area contributed by atoms with Crippen molar-refractivity contribution in [3.63, 3.8) is 0 Å². The van der Waals surface area contributed by atoms with Gasteiger partial charge < -0.3 is 20.5 Å². The average molecular weight is 410 g/mol. The lowest BCUT2D eigenvalue weighted by Gasteiger charge is -2.34. The van der Waals surface area contributed by atoms with Gasteiger partial charge >= 0.3 is 12.1 Å². The van der Waals surface area contributed by atoms with E-state index in [0.29, 0.717) is 25.3 Å². The molecule has 1 rings (SSSR count).